The number of hydrogen-bond acceptors (Lipinski definition) is 1. The van der Waals surface area contributed by atoms with Crippen molar-refractivity contribution in [1.29, 1.82) is 0 Å². The largest absolute Gasteiger partial charge is 0.486 e. The van der Waals surface area contributed by atoms with Crippen molar-refractivity contribution in [2.75, 3.05) is 0 Å². The number of ether oxygens (including phenoxy) is 1. The second-order valence-electron chi connectivity index (χ2n) is 4.42. The predicted molar refractivity (Wildman–Crippen MR) is 66.9 cm³/mol. The third kappa shape index (κ3) is 3.50. The number of benzene rings is 2. The molecule has 0 radical (unpaired) electrons. The van der Waals surface area contributed by atoms with Crippen LogP contribution in [-0.2, 0) is 12.8 Å². The molecule has 0 heterocycles. The number of hydrogen-bond donors (Lipinski definition) is 0. The van der Waals surface area contributed by atoms with Gasteiger partial charge in [0.05, 0.1) is 5.56 Å². The molecule has 2 aromatic carbocycles. The van der Waals surface area contributed by atoms with Crippen molar-refractivity contribution in [3.05, 3.63) is 65.0 Å². The van der Waals surface area contributed by atoms with Gasteiger partial charge in [0.25, 0.3) is 0 Å². The van der Waals surface area contributed by atoms with Crippen LogP contribution < -0.4 is 4.74 Å². The first-order valence-electron chi connectivity index (χ1n) is 5.91. The highest BCUT2D eigenvalue weighted by atomic mass is 19.4. The summed E-state index contributed by atoms with van der Waals surface area (Å²) in [6, 6.07) is 9.21. The minimum atomic E-state index is -4.40. The molecule has 2 rings (SSSR count). The lowest BCUT2D eigenvalue weighted by Crippen LogP contribution is -2.06. The fraction of sp³-hybridized carbons (Fsp3) is 0.200. The van der Waals surface area contributed by atoms with Crippen LogP contribution in [-0.4, -0.2) is 0 Å². The summed E-state index contributed by atoms with van der Waals surface area (Å²) in [5.41, 5.74) is 0.330. The molecule has 0 saturated heterocycles. The molecule has 0 saturated carbocycles. The van der Waals surface area contributed by atoms with Crippen LogP contribution >= 0.6 is 0 Å². The molecule has 0 aliphatic rings. The van der Waals surface area contributed by atoms with Gasteiger partial charge in [-0.1, -0.05) is 18.2 Å². The van der Waals surface area contributed by atoms with Crippen molar-refractivity contribution in [3.63, 3.8) is 0 Å². The molecule has 5 heteroatoms. The van der Waals surface area contributed by atoms with E-state index in [-0.39, 0.29) is 12.4 Å². The highest BCUT2D eigenvalue weighted by Crippen LogP contribution is 2.29. The van der Waals surface area contributed by atoms with Gasteiger partial charge in [-0.25, -0.2) is 4.39 Å². The quantitative estimate of drug-likeness (QED) is 0.740. The van der Waals surface area contributed by atoms with E-state index in [2.05, 4.69) is 0 Å². The molecule has 0 unspecified atom stereocenters. The smallest absolute Gasteiger partial charge is 0.416 e. The molecule has 0 fully saturated rings. The lowest BCUT2D eigenvalue weighted by atomic mass is 10.1. The summed E-state index contributed by atoms with van der Waals surface area (Å²) >= 11 is 0. The molecule has 0 bridgehead atoms. The van der Waals surface area contributed by atoms with Gasteiger partial charge in [-0.15, -0.1) is 0 Å². The van der Waals surface area contributed by atoms with Crippen LogP contribution in [0.25, 0.3) is 0 Å². The Balaban J connectivity index is 2.11. The molecule has 0 aromatic heterocycles. The molecule has 0 atom stereocenters. The van der Waals surface area contributed by atoms with Crippen molar-refractivity contribution >= 4 is 0 Å². The van der Waals surface area contributed by atoms with Gasteiger partial charge >= 0.3 is 6.18 Å². The Morgan fingerprint density at radius 3 is 2.45 bits per heavy atom. The van der Waals surface area contributed by atoms with Crippen molar-refractivity contribution in [3.8, 4) is 5.75 Å². The highest BCUT2D eigenvalue weighted by molar-refractivity contribution is 5.30. The van der Waals surface area contributed by atoms with Gasteiger partial charge in [0.1, 0.15) is 6.61 Å². The fourth-order valence-electron chi connectivity index (χ4n) is 1.72. The molecule has 0 amide bonds. The van der Waals surface area contributed by atoms with Crippen LogP contribution in [0, 0.1) is 12.7 Å². The molecule has 0 aliphatic heterocycles. The average Bonchev–Trinajstić information content (AvgIpc) is 2.37. The van der Waals surface area contributed by atoms with Crippen LogP contribution in [0.2, 0.25) is 0 Å². The first-order chi connectivity index (χ1) is 9.36. The average molecular weight is 284 g/mol. The van der Waals surface area contributed by atoms with Gasteiger partial charge in [0.2, 0.25) is 0 Å². The zero-order chi connectivity index (χ0) is 14.8. The van der Waals surface area contributed by atoms with E-state index in [4.69, 9.17) is 4.74 Å². The van der Waals surface area contributed by atoms with E-state index in [1.807, 2.05) is 0 Å². The minimum absolute atomic E-state index is 0.0213. The van der Waals surface area contributed by atoms with Crippen molar-refractivity contribution < 1.29 is 22.3 Å². The Labute approximate surface area is 113 Å². The van der Waals surface area contributed by atoms with Crippen molar-refractivity contribution in [1.82, 2.24) is 0 Å². The van der Waals surface area contributed by atoms with Gasteiger partial charge in [0.15, 0.2) is 11.6 Å². The second-order valence-corrected chi connectivity index (χ2v) is 4.42. The Hall–Kier alpha value is -2.04. The summed E-state index contributed by atoms with van der Waals surface area (Å²) in [7, 11) is 0. The number of aryl methyl sites for hydroxylation is 1. The molecular formula is C15H12F4O. The van der Waals surface area contributed by atoms with Gasteiger partial charge in [-0.3, -0.25) is 0 Å². The summed E-state index contributed by atoms with van der Waals surface area (Å²) in [5.74, 6) is -0.509. The van der Waals surface area contributed by atoms with E-state index < -0.39 is 17.6 Å². The lowest BCUT2D eigenvalue weighted by Gasteiger charge is -2.10. The van der Waals surface area contributed by atoms with Crippen molar-refractivity contribution in [2.24, 2.45) is 0 Å². The number of halogens is 4. The van der Waals surface area contributed by atoms with E-state index in [1.165, 1.54) is 24.3 Å². The molecule has 2 aromatic rings. The molecule has 0 aliphatic carbocycles. The molecule has 0 N–H and O–H groups in total. The normalized spacial score (nSPS) is 11.4. The molecule has 106 valence electrons. The SMILES string of the molecule is Cc1ccc(OCc2cccc(C(F)(F)F)c2)c(F)c1. The van der Waals surface area contributed by atoms with Crippen LogP contribution in [0.15, 0.2) is 42.5 Å². The van der Waals surface area contributed by atoms with Gasteiger partial charge in [-0.05, 0) is 42.3 Å². The van der Waals surface area contributed by atoms with Crippen LogP contribution in [0.5, 0.6) is 5.75 Å². The van der Waals surface area contributed by atoms with E-state index >= 15 is 0 Å². The number of rotatable bonds is 3. The zero-order valence-corrected chi connectivity index (χ0v) is 10.7. The van der Waals surface area contributed by atoms with Crippen LogP contribution in [0.1, 0.15) is 16.7 Å². The number of alkyl halides is 3. The Morgan fingerprint density at radius 1 is 1.05 bits per heavy atom. The Kier molecular flexibility index (Phi) is 3.97. The summed E-state index contributed by atoms with van der Waals surface area (Å²) in [6.45, 7) is 1.61. The maximum absolute atomic E-state index is 13.5. The Morgan fingerprint density at radius 2 is 1.80 bits per heavy atom. The van der Waals surface area contributed by atoms with Gasteiger partial charge in [0, 0.05) is 0 Å². The first-order valence-corrected chi connectivity index (χ1v) is 5.91. The van der Waals surface area contributed by atoms with Crippen molar-refractivity contribution in [2.45, 2.75) is 19.7 Å². The zero-order valence-electron chi connectivity index (χ0n) is 10.7. The third-order valence-electron chi connectivity index (χ3n) is 2.74. The monoisotopic (exact) mass is 284 g/mol. The topological polar surface area (TPSA) is 9.23 Å². The van der Waals surface area contributed by atoms with E-state index in [9.17, 15) is 17.6 Å². The Bertz CT molecular complexity index is 605. The second kappa shape index (κ2) is 5.53. The highest BCUT2D eigenvalue weighted by Gasteiger charge is 2.30. The summed E-state index contributed by atoms with van der Waals surface area (Å²) in [5, 5.41) is 0. The standard InChI is InChI=1S/C15H12F4O/c1-10-5-6-14(13(16)7-10)20-9-11-3-2-4-12(8-11)15(17,18)19/h2-8H,9H2,1H3. The van der Waals surface area contributed by atoms with E-state index in [0.717, 1.165) is 17.7 Å². The maximum atomic E-state index is 13.5. The van der Waals surface area contributed by atoms with Crippen LogP contribution in [0.4, 0.5) is 17.6 Å². The summed E-state index contributed by atoms with van der Waals surface area (Å²) in [6.07, 6.45) is -4.40. The third-order valence-corrected chi connectivity index (χ3v) is 2.74. The first kappa shape index (κ1) is 14.4. The fourth-order valence-corrected chi connectivity index (χ4v) is 1.72. The molecule has 0 spiro atoms. The molecule has 1 nitrogen and oxygen atoms in total. The predicted octanol–water partition coefficient (Wildman–Crippen LogP) is 4.73. The van der Waals surface area contributed by atoms with Gasteiger partial charge < -0.3 is 4.74 Å². The van der Waals surface area contributed by atoms with E-state index in [0.29, 0.717) is 5.56 Å². The maximum Gasteiger partial charge on any atom is 0.416 e. The molecular weight excluding hydrogens is 272 g/mol. The van der Waals surface area contributed by atoms with Crippen LogP contribution in [0.3, 0.4) is 0 Å². The lowest BCUT2D eigenvalue weighted by molar-refractivity contribution is -0.137. The van der Waals surface area contributed by atoms with E-state index in [1.54, 1.807) is 13.0 Å². The van der Waals surface area contributed by atoms with Gasteiger partial charge in [-0.2, -0.15) is 13.2 Å². The summed E-state index contributed by atoms with van der Waals surface area (Å²) in [4.78, 5) is 0. The summed E-state index contributed by atoms with van der Waals surface area (Å²) < 4.78 is 56.3. The minimum Gasteiger partial charge on any atom is -0.486 e. The molecule has 20 heavy (non-hydrogen) atoms.